The van der Waals surface area contributed by atoms with Crippen molar-refractivity contribution in [3.63, 3.8) is 0 Å². The van der Waals surface area contributed by atoms with Gasteiger partial charge < -0.3 is 5.11 Å². The van der Waals surface area contributed by atoms with Crippen molar-refractivity contribution in [2.45, 2.75) is 6.18 Å². The molecule has 31 heavy (non-hydrogen) atoms. The molecule has 2 aromatic carbocycles. The minimum Gasteiger partial charge on any atom is -0.480 e. The van der Waals surface area contributed by atoms with Gasteiger partial charge in [0.2, 0.25) is 0 Å². The Hall–Kier alpha value is -2.61. The van der Waals surface area contributed by atoms with Crippen molar-refractivity contribution in [3.8, 4) is 11.1 Å². The van der Waals surface area contributed by atoms with Crippen LogP contribution in [0.2, 0.25) is 4.34 Å². The zero-order valence-corrected chi connectivity index (χ0v) is 18.1. The van der Waals surface area contributed by atoms with Crippen LogP contribution in [-0.4, -0.2) is 36.1 Å². The lowest BCUT2D eigenvalue weighted by Gasteiger charge is -2.14. The van der Waals surface area contributed by atoms with E-state index in [1.807, 2.05) is 24.3 Å². The maximum atomic E-state index is 13.0. The van der Waals surface area contributed by atoms with E-state index in [0.29, 0.717) is 22.0 Å². The minimum atomic E-state index is -4.40. The maximum absolute atomic E-state index is 13.0. The fourth-order valence-electron chi connectivity index (χ4n) is 3.08. The van der Waals surface area contributed by atoms with E-state index in [9.17, 15) is 18.0 Å². The molecular formula is C23H19ClF3NO2S. The molecule has 0 amide bonds. The Morgan fingerprint density at radius 1 is 1.10 bits per heavy atom. The third kappa shape index (κ3) is 6.19. The summed E-state index contributed by atoms with van der Waals surface area (Å²) in [7, 11) is 1.71. The van der Waals surface area contributed by atoms with Gasteiger partial charge in [-0.15, -0.1) is 11.3 Å². The number of alkyl halides is 3. The summed E-state index contributed by atoms with van der Waals surface area (Å²) >= 11 is 7.49. The quantitative estimate of drug-likeness (QED) is 0.431. The van der Waals surface area contributed by atoms with Crippen molar-refractivity contribution in [1.82, 2.24) is 4.90 Å². The van der Waals surface area contributed by atoms with Gasteiger partial charge in [-0.1, -0.05) is 54.1 Å². The lowest BCUT2D eigenvalue weighted by molar-refractivity contribution is -0.138. The van der Waals surface area contributed by atoms with E-state index in [2.05, 4.69) is 0 Å². The second-order valence-corrected chi connectivity index (χ2v) is 8.68. The highest BCUT2D eigenvalue weighted by Gasteiger charge is 2.30. The Labute approximate surface area is 187 Å². The van der Waals surface area contributed by atoms with Gasteiger partial charge in [0.15, 0.2) is 0 Å². The van der Waals surface area contributed by atoms with Crippen LogP contribution in [0.3, 0.4) is 0 Å². The molecule has 1 heterocycles. The normalized spacial score (nSPS) is 12.4. The number of hydrogen-bond acceptors (Lipinski definition) is 3. The molecule has 0 aliphatic rings. The van der Waals surface area contributed by atoms with E-state index in [4.69, 9.17) is 16.7 Å². The number of nitrogens with zero attached hydrogens (tertiary/aromatic N) is 1. The molecule has 3 nitrogen and oxygen atoms in total. The van der Waals surface area contributed by atoms with E-state index < -0.39 is 17.7 Å². The molecule has 0 bridgehead atoms. The van der Waals surface area contributed by atoms with Crippen molar-refractivity contribution in [2.24, 2.45) is 0 Å². The molecule has 0 aliphatic carbocycles. The summed E-state index contributed by atoms with van der Waals surface area (Å²) in [5.74, 6) is -0.915. The number of carboxylic acids is 1. The van der Waals surface area contributed by atoms with Crippen LogP contribution >= 0.6 is 22.9 Å². The molecular weight excluding hydrogens is 447 g/mol. The smallest absolute Gasteiger partial charge is 0.416 e. The lowest BCUT2D eigenvalue weighted by atomic mass is 9.98. The average molecular weight is 466 g/mol. The van der Waals surface area contributed by atoms with Crippen LogP contribution in [0.4, 0.5) is 13.2 Å². The predicted molar refractivity (Wildman–Crippen MR) is 118 cm³/mol. The fraction of sp³-hybridized carbons (Fsp3) is 0.174. The van der Waals surface area contributed by atoms with Gasteiger partial charge in [0.25, 0.3) is 0 Å². The van der Waals surface area contributed by atoms with E-state index in [1.54, 1.807) is 36.2 Å². The number of hydrogen-bond donors (Lipinski definition) is 1. The van der Waals surface area contributed by atoms with Crippen molar-refractivity contribution in [3.05, 3.63) is 87.1 Å². The monoisotopic (exact) mass is 465 g/mol. The van der Waals surface area contributed by atoms with Gasteiger partial charge in [-0.05, 0) is 53.6 Å². The molecule has 8 heteroatoms. The van der Waals surface area contributed by atoms with Gasteiger partial charge >= 0.3 is 12.1 Å². The molecule has 0 atom stereocenters. The molecule has 0 radical (unpaired) electrons. The number of thiophene rings is 1. The van der Waals surface area contributed by atoms with Crippen molar-refractivity contribution >= 4 is 34.5 Å². The van der Waals surface area contributed by atoms with Crippen LogP contribution in [0.25, 0.3) is 16.7 Å². The standard InChI is InChI=1S/C23H19ClF3NO2S/c1-28(14-22(29)30)12-11-19(20-9-10-21(24)31-20)16-7-5-15(6-8-16)17-3-2-4-18(13-17)23(25,26)27/h2-11,13H,12,14H2,1H3,(H,29,30). The van der Waals surface area contributed by atoms with Crippen LogP contribution < -0.4 is 0 Å². The Morgan fingerprint density at radius 3 is 2.39 bits per heavy atom. The molecule has 3 aromatic rings. The van der Waals surface area contributed by atoms with Crippen LogP contribution in [0.15, 0.2) is 66.7 Å². The summed E-state index contributed by atoms with van der Waals surface area (Å²) in [6.45, 7) is 0.315. The number of aliphatic carboxylic acids is 1. The first-order chi connectivity index (χ1) is 14.6. The number of carboxylic acid groups (broad SMARTS) is 1. The van der Waals surface area contributed by atoms with Crippen LogP contribution in [-0.2, 0) is 11.0 Å². The van der Waals surface area contributed by atoms with Gasteiger partial charge in [0.05, 0.1) is 16.4 Å². The maximum Gasteiger partial charge on any atom is 0.416 e. The van der Waals surface area contributed by atoms with E-state index in [0.717, 1.165) is 28.1 Å². The summed E-state index contributed by atoms with van der Waals surface area (Å²) in [4.78, 5) is 13.5. The molecule has 1 aromatic heterocycles. The Bertz CT molecular complexity index is 1090. The van der Waals surface area contributed by atoms with E-state index in [1.165, 1.54) is 17.4 Å². The number of likely N-dealkylation sites (N-methyl/N-ethyl adjacent to an activating group) is 1. The lowest BCUT2D eigenvalue weighted by Crippen LogP contribution is -2.25. The van der Waals surface area contributed by atoms with Crippen molar-refractivity contribution in [1.29, 1.82) is 0 Å². The van der Waals surface area contributed by atoms with Gasteiger partial charge in [0.1, 0.15) is 0 Å². The second kappa shape index (κ2) is 9.68. The summed E-state index contributed by atoms with van der Waals surface area (Å²) in [5.41, 5.74) is 2.20. The number of benzene rings is 2. The minimum absolute atomic E-state index is 0.0938. The summed E-state index contributed by atoms with van der Waals surface area (Å²) in [6.07, 6.45) is -2.48. The number of halogens is 4. The van der Waals surface area contributed by atoms with Crippen LogP contribution in [0, 0.1) is 0 Å². The summed E-state index contributed by atoms with van der Waals surface area (Å²) < 4.78 is 39.7. The van der Waals surface area contributed by atoms with E-state index in [-0.39, 0.29) is 6.54 Å². The van der Waals surface area contributed by atoms with Crippen LogP contribution in [0.5, 0.6) is 0 Å². The predicted octanol–water partition coefficient (Wildman–Crippen LogP) is 6.54. The molecule has 0 aliphatic heterocycles. The molecule has 3 rings (SSSR count). The highest BCUT2D eigenvalue weighted by atomic mass is 35.5. The SMILES string of the molecule is CN(CC=C(c1ccc(-c2cccc(C(F)(F)F)c2)cc1)c1ccc(Cl)s1)CC(=O)O. The first kappa shape index (κ1) is 23.1. The first-order valence-corrected chi connectivity index (χ1v) is 10.5. The highest BCUT2D eigenvalue weighted by Crippen LogP contribution is 2.35. The molecule has 0 saturated carbocycles. The number of rotatable bonds is 7. The van der Waals surface area contributed by atoms with Crippen molar-refractivity contribution in [2.75, 3.05) is 20.1 Å². The zero-order valence-electron chi connectivity index (χ0n) is 16.5. The molecule has 0 unspecified atom stereocenters. The third-order valence-electron chi connectivity index (χ3n) is 4.57. The Kier molecular flexibility index (Phi) is 7.20. The van der Waals surface area contributed by atoms with Gasteiger partial charge in [-0.25, -0.2) is 0 Å². The molecule has 0 fully saturated rings. The zero-order chi connectivity index (χ0) is 22.6. The average Bonchev–Trinajstić information content (AvgIpc) is 3.13. The number of carbonyl (C=O) groups is 1. The van der Waals surface area contributed by atoms with Crippen molar-refractivity contribution < 1.29 is 23.1 Å². The largest absolute Gasteiger partial charge is 0.480 e. The van der Waals surface area contributed by atoms with E-state index >= 15 is 0 Å². The highest BCUT2D eigenvalue weighted by molar-refractivity contribution is 7.17. The molecule has 0 saturated heterocycles. The Balaban J connectivity index is 1.91. The molecule has 0 spiro atoms. The second-order valence-electron chi connectivity index (χ2n) is 6.97. The first-order valence-electron chi connectivity index (χ1n) is 9.28. The fourth-order valence-corrected chi connectivity index (χ4v) is 4.19. The van der Waals surface area contributed by atoms with Gasteiger partial charge in [0, 0.05) is 11.4 Å². The topological polar surface area (TPSA) is 40.5 Å². The molecule has 1 N–H and O–H groups in total. The van der Waals surface area contributed by atoms with Gasteiger partial charge in [-0.2, -0.15) is 13.2 Å². The Morgan fingerprint density at radius 2 is 1.81 bits per heavy atom. The van der Waals surface area contributed by atoms with Crippen LogP contribution in [0.1, 0.15) is 16.0 Å². The molecule has 162 valence electrons. The third-order valence-corrected chi connectivity index (χ3v) is 5.83. The summed E-state index contributed by atoms with van der Waals surface area (Å²) in [6, 6.07) is 16.1. The summed E-state index contributed by atoms with van der Waals surface area (Å²) in [5, 5.41) is 8.95. The van der Waals surface area contributed by atoms with Gasteiger partial charge in [-0.3, -0.25) is 9.69 Å².